The third kappa shape index (κ3) is 3.24. The SMILES string of the molecule is CCOC(=O)C1=C(C)C2C3C(=O)N(c4ccccc4Br)C(=O)C3C1(C)C1C(=O)N(c3ccccc3Br)C(=O)C21. The highest BCUT2D eigenvalue weighted by Crippen LogP contribution is 2.69. The summed E-state index contributed by atoms with van der Waals surface area (Å²) in [5.74, 6) is -7.11. The van der Waals surface area contributed by atoms with E-state index in [4.69, 9.17) is 4.74 Å². The van der Waals surface area contributed by atoms with Crippen LogP contribution in [0, 0.1) is 35.0 Å². The molecule has 2 aromatic rings. The molecule has 2 aliphatic heterocycles. The third-order valence-corrected chi connectivity index (χ3v) is 10.2. The Bertz CT molecular complexity index is 1440. The van der Waals surface area contributed by atoms with Crippen molar-refractivity contribution in [1.29, 1.82) is 0 Å². The molecule has 2 heterocycles. The minimum absolute atomic E-state index is 0.102. The summed E-state index contributed by atoms with van der Waals surface area (Å²) in [4.78, 5) is 72.3. The van der Waals surface area contributed by atoms with Gasteiger partial charge in [-0.05, 0) is 70.0 Å². The fourth-order valence-corrected chi connectivity index (χ4v) is 8.47. The number of imide groups is 2. The van der Waals surface area contributed by atoms with E-state index in [-0.39, 0.29) is 12.2 Å². The highest BCUT2D eigenvalue weighted by atomic mass is 79.9. The van der Waals surface area contributed by atoms with E-state index in [1.807, 2.05) is 0 Å². The predicted octanol–water partition coefficient (Wildman–Crippen LogP) is 4.65. The molecule has 2 aromatic carbocycles. The second-order valence-corrected chi connectivity index (χ2v) is 12.2. The van der Waals surface area contributed by atoms with Gasteiger partial charge in [0.1, 0.15) is 0 Å². The van der Waals surface area contributed by atoms with Crippen LogP contribution in [0.25, 0.3) is 0 Å². The van der Waals surface area contributed by atoms with Crippen molar-refractivity contribution in [2.24, 2.45) is 35.0 Å². The Morgan fingerprint density at radius 1 is 0.795 bits per heavy atom. The number of amides is 4. The summed E-state index contributed by atoms with van der Waals surface area (Å²) in [7, 11) is 0. The highest BCUT2D eigenvalue weighted by Gasteiger charge is 2.77. The second kappa shape index (κ2) is 8.96. The van der Waals surface area contributed by atoms with Crippen molar-refractivity contribution in [2.75, 3.05) is 16.4 Å². The zero-order valence-electron chi connectivity index (χ0n) is 21.3. The van der Waals surface area contributed by atoms with Crippen molar-refractivity contribution < 1.29 is 28.7 Å². The number of halogens is 2. The van der Waals surface area contributed by atoms with Crippen LogP contribution in [0.3, 0.4) is 0 Å². The summed E-state index contributed by atoms with van der Waals surface area (Å²) in [6.45, 7) is 5.18. The first-order valence-electron chi connectivity index (χ1n) is 12.7. The van der Waals surface area contributed by atoms with Crippen molar-refractivity contribution in [3.8, 4) is 0 Å². The molecule has 10 heteroatoms. The number of para-hydroxylation sites is 2. The maximum atomic E-state index is 14.2. The predicted molar refractivity (Wildman–Crippen MR) is 148 cm³/mol. The van der Waals surface area contributed by atoms with Crippen LogP contribution in [0.2, 0.25) is 0 Å². The van der Waals surface area contributed by atoms with E-state index in [0.29, 0.717) is 25.9 Å². The van der Waals surface area contributed by atoms with Crippen molar-refractivity contribution in [1.82, 2.24) is 0 Å². The lowest BCUT2D eigenvalue weighted by Gasteiger charge is -2.55. The normalized spacial score (nSPS) is 31.3. The molecule has 5 aliphatic rings. The molecule has 3 fully saturated rings. The molecule has 0 spiro atoms. The molecule has 0 N–H and O–H groups in total. The summed E-state index contributed by atoms with van der Waals surface area (Å²) >= 11 is 6.89. The number of esters is 1. The molecule has 2 bridgehead atoms. The number of hydrogen-bond donors (Lipinski definition) is 0. The Hall–Kier alpha value is -3.11. The number of ether oxygens (including phenoxy) is 1. The number of carbonyl (C=O) groups is 5. The van der Waals surface area contributed by atoms with Gasteiger partial charge in [-0.15, -0.1) is 0 Å². The van der Waals surface area contributed by atoms with Gasteiger partial charge in [0.2, 0.25) is 23.6 Å². The lowest BCUT2D eigenvalue weighted by Crippen LogP contribution is -2.61. The van der Waals surface area contributed by atoms with Gasteiger partial charge in [0.05, 0.1) is 41.7 Å². The van der Waals surface area contributed by atoms with E-state index in [2.05, 4.69) is 31.9 Å². The maximum absolute atomic E-state index is 14.2. The van der Waals surface area contributed by atoms with Crippen molar-refractivity contribution in [2.45, 2.75) is 20.8 Å². The van der Waals surface area contributed by atoms with Gasteiger partial charge in [0, 0.05) is 25.9 Å². The van der Waals surface area contributed by atoms with Gasteiger partial charge >= 0.3 is 5.97 Å². The Balaban J connectivity index is 1.57. The Morgan fingerprint density at radius 3 is 1.64 bits per heavy atom. The van der Waals surface area contributed by atoms with Crippen molar-refractivity contribution in [3.05, 3.63) is 68.6 Å². The molecule has 200 valence electrons. The van der Waals surface area contributed by atoms with E-state index in [1.165, 1.54) is 0 Å². The van der Waals surface area contributed by atoms with Crippen LogP contribution in [-0.4, -0.2) is 36.2 Å². The Morgan fingerprint density at radius 2 is 1.23 bits per heavy atom. The summed E-state index contributed by atoms with van der Waals surface area (Å²) in [6.07, 6.45) is 0. The van der Waals surface area contributed by atoms with Gasteiger partial charge in [-0.2, -0.15) is 0 Å². The molecule has 0 aromatic heterocycles. The largest absolute Gasteiger partial charge is 0.463 e. The van der Waals surface area contributed by atoms with Crippen LogP contribution in [0.1, 0.15) is 20.8 Å². The van der Waals surface area contributed by atoms with Gasteiger partial charge in [-0.1, -0.05) is 36.8 Å². The Labute approximate surface area is 241 Å². The minimum atomic E-state index is -1.44. The minimum Gasteiger partial charge on any atom is -0.463 e. The lowest BCUT2D eigenvalue weighted by atomic mass is 9.43. The molecule has 39 heavy (non-hydrogen) atoms. The molecule has 1 saturated carbocycles. The topological polar surface area (TPSA) is 101 Å². The summed E-state index contributed by atoms with van der Waals surface area (Å²) in [6, 6.07) is 13.8. The molecule has 4 unspecified atom stereocenters. The van der Waals surface area contributed by atoms with Gasteiger partial charge < -0.3 is 4.74 Å². The smallest absolute Gasteiger partial charge is 0.334 e. The van der Waals surface area contributed by atoms with E-state index in [0.717, 1.165) is 9.80 Å². The second-order valence-electron chi connectivity index (χ2n) is 10.5. The van der Waals surface area contributed by atoms with Gasteiger partial charge in [-0.25, -0.2) is 14.6 Å². The molecular formula is C29H24Br2N2O6. The monoisotopic (exact) mass is 654 g/mol. The number of hydrogen-bond acceptors (Lipinski definition) is 6. The molecular weight excluding hydrogens is 632 g/mol. The van der Waals surface area contributed by atoms with Crippen LogP contribution in [-0.2, 0) is 28.7 Å². The Kier molecular flexibility index (Phi) is 6.00. The fraction of sp³-hybridized carbons (Fsp3) is 0.345. The first-order valence-corrected chi connectivity index (χ1v) is 14.3. The number of allylic oxidation sites excluding steroid dienone is 1. The zero-order valence-corrected chi connectivity index (χ0v) is 24.5. The van der Waals surface area contributed by atoms with E-state index >= 15 is 0 Å². The third-order valence-electron chi connectivity index (χ3n) is 8.87. The van der Waals surface area contributed by atoms with Gasteiger partial charge in [0.25, 0.3) is 0 Å². The average Bonchev–Trinajstić information content (AvgIpc) is 3.31. The zero-order chi connectivity index (χ0) is 28.0. The van der Waals surface area contributed by atoms with Gasteiger partial charge in [0.15, 0.2) is 0 Å². The number of nitrogens with zero attached hydrogens (tertiary/aromatic N) is 2. The molecule has 7 rings (SSSR count). The number of carbonyl (C=O) groups excluding carboxylic acids is 5. The quantitative estimate of drug-likeness (QED) is 0.351. The number of benzene rings is 2. The van der Waals surface area contributed by atoms with Crippen LogP contribution in [0.5, 0.6) is 0 Å². The summed E-state index contributed by atoms with van der Waals surface area (Å²) in [5.41, 5.74) is 0.0907. The molecule has 8 nitrogen and oxygen atoms in total. The maximum Gasteiger partial charge on any atom is 0.334 e. The molecule has 3 aliphatic carbocycles. The molecule has 0 radical (unpaired) electrons. The van der Waals surface area contributed by atoms with E-state index in [9.17, 15) is 24.0 Å². The first-order chi connectivity index (χ1) is 18.6. The number of anilines is 2. The summed E-state index contributed by atoms with van der Waals surface area (Å²) < 4.78 is 6.54. The molecule has 4 atom stereocenters. The molecule has 2 saturated heterocycles. The first kappa shape index (κ1) is 26.1. The average molecular weight is 656 g/mol. The number of rotatable bonds is 4. The van der Waals surface area contributed by atoms with Crippen LogP contribution in [0.15, 0.2) is 68.6 Å². The highest BCUT2D eigenvalue weighted by molar-refractivity contribution is 9.11. The standard InChI is InChI=1S/C29H24Br2N2O6/c1-4-39-28(38)21-13(2)18-19-22(26(36)32(24(19)34)16-11-7-5-9-14(16)30)29(21,3)23-20(18)25(35)33(27(23)37)17-12-8-6-10-15(17)31/h5-12,18-20,22-23H,4H2,1-3H3. The van der Waals surface area contributed by atoms with Crippen LogP contribution >= 0.6 is 31.9 Å². The van der Waals surface area contributed by atoms with E-state index in [1.54, 1.807) is 69.3 Å². The van der Waals surface area contributed by atoms with Gasteiger partial charge in [-0.3, -0.25) is 19.2 Å². The molecule has 4 amide bonds. The summed E-state index contributed by atoms with van der Waals surface area (Å²) in [5, 5.41) is 0. The fourth-order valence-electron chi connectivity index (χ4n) is 7.55. The van der Waals surface area contributed by atoms with Crippen LogP contribution in [0.4, 0.5) is 11.4 Å². The van der Waals surface area contributed by atoms with E-state index < -0.39 is 64.6 Å². The lowest BCUT2D eigenvalue weighted by molar-refractivity contribution is -0.155. The van der Waals surface area contributed by atoms with Crippen molar-refractivity contribution in [3.63, 3.8) is 0 Å². The van der Waals surface area contributed by atoms with Crippen LogP contribution < -0.4 is 9.80 Å². The van der Waals surface area contributed by atoms with Crippen molar-refractivity contribution >= 4 is 72.8 Å².